The average Bonchev–Trinajstić information content (AvgIpc) is 2.30. The van der Waals surface area contributed by atoms with Crippen molar-refractivity contribution >= 4 is 11.6 Å². The quantitative estimate of drug-likeness (QED) is 0.879. The van der Waals surface area contributed by atoms with Crippen molar-refractivity contribution in [3.8, 4) is 11.5 Å². The first kappa shape index (κ1) is 10.8. The van der Waals surface area contributed by atoms with Gasteiger partial charge in [0.1, 0.15) is 18.1 Å². The minimum Gasteiger partial charge on any atom is -0.508 e. The molecule has 0 bridgehead atoms. The summed E-state index contributed by atoms with van der Waals surface area (Å²) in [6.07, 6.45) is 0. The number of para-hydroxylation sites is 2. The van der Waals surface area contributed by atoms with Crippen LogP contribution in [-0.2, 0) is 6.61 Å². The highest BCUT2D eigenvalue weighted by atomic mass is 35.5. The Balaban J connectivity index is 2.09. The van der Waals surface area contributed by atoms with Crippen LogP contribution < -0.4 is 4.74 Å². The molecule has 2 nitrogen and oxygen atoms in total. The molecule has 0 spiro atoms. The number of hydrogen-bond acceptors (Lipinski definition) is 2. The molecule has 0 fully saturated rings. The van der Waals surface area contributed by atoms with Crippen molar-refractivity contribution in [1.82, 2.24) is 0 Å². The van der Waals surface area contributed by atoms with E-state index in [0.29, 0.717) is 17.4 Å². The van der Waals surface area contributed by atoms with Crippen molar-refractivity contribution in [2.24, 2.45) is 0 Å². The summed E-state index contributed by atoms with van der Waals surface area (Å²) in [5, 5.41) is 10.1. The van der Waals surface area contributed by atoms with Crippen LogP contribution in [0.25, 0.3) is 0 Å². The largest absolute Gasteiger partial charge is 0.508 e. The van der Waals surface area contributed by atoms with Gasteiger partial charge in [-0.25, -0.2) is 0 Å². The van der Waals surface area contributed by atoms with E-state index in [-0.39, 0.29) is 5.75 Å². The summed E-state index contributed by atoms with van der Waals surface area (Å²) in [4.78, 5) is 0. The summed E-state index contributed by atoms with van der Waals surface area (Å²) in [6.45, 7) is 0.302. The fourth-order valence-corrected chi connectivity index (χ4v) is 1.54. The van der Waals surface area contributed by atoms with Gasteiger partial charge < -0.3 is 9.84 Å². The summed E-state index contributed by atoms with van der Waals surface area (Å²) in [6, 6.07) is 14.3. The second-order valence-corrected chi connectivity index (χ2v) is 3.76. The highest BCUT2D eigenvalue weighted by Gasteiger charge is 2.03. The Bertz CT molecular complexity index is 437. The molecule has 3 heteroatoms. The van der Waals surface area contributed by atoms with Crippen LogP contribution in [0.4, 0.5) is 0 Å². The molecule has 0 aliphatic heterocycles. The zero-order chi connectivity index (χ0) is 11.4. The van der Waals surface area contributed by atoms with Gasteiger partial charge in [-0.2, -0.15) is 0 Å². The van der Waals surface area contributed by atoms with Crippen molar-refractivity contribution in [3.63, 3.8) is 0 Å². The summed E-state index contributed by atoms with van der Waals surface area (Å²) in [7, 11) is 0. The van der Waals surface area contributed by atoms with Gasteiger partial charge >= 0.3 is 0 Å². The van der Waals surface area contributed by atoms with Crippen molar-refractivity contribution in [1.29, 1.82) is 0 Å². The Morgan fingerprint density at radius 1 is 1.00 bits per heavy atom. The molecule has 1 N–H and O–H groups in total. The molecule has 0 aliphatic carbocycles. The molecule has 0 unspecified atom stereocenters. The van der Waals surface area contributed by atoms with Gasteiger partial charge in [0, 0.05) is 5.56 Å². The van der Waals surface area contributed by atoms with Crippen molar-refractivity contribution in [2.75, 3.05) is 0 Å². The van der Waals surface area contributed by atoms with E-state index in [0.717, 1.165) is 5.56 Å². The van der Waals surface area contributed by atoms with Crippen LogP contribution in [0.2, 0.25) is 5.02 Å². The fraction of sp³-hybridized carbons (Fsp3) is 0.0769. The van der Waals surface area contributed by atoms with E-state index in [4.69, 9.17) is 16.3 Å². The maximum Gasteiger partial charge on any atom is 0.138 e. The minimum absolute atomic E-state index is 0.231. The molecule has 0 amide bonds. The van der Waals surface area contributed by atoms with Crippen molar-refractivity contribution in [3.05, 3.63) is 59.1 Å². The van der Waals surface area contributed by atoms with Crippen LogP contribution in [0.3, 0.4) is 0 Å². The molecule has 2 rings (SSSR count). The number of halogens is 1. The monoisotopic (exact) mass is 234 g/mol. The lowest BCUT2D eigenvalue weighted by Crippen LogP contribution is -1.95. The van der Waals surface area contributed by atoms with Crippen LogP contribution in [0.1, 0.15) is 5.56 Å². The van der Waals surface area contributed by atoms with Crippen molar-refractivity contribution in [2.45, 2.75) is 6.61 Å². The summed E-state index contributed by atoms with van der Waals surface area (Å²) in [5.74, 6) is 0.849. The number of phenolic OH excluding ortho intramolecular Hbond substituents is 1. The molecular formula is C13H11ClO2. The number of benzene rings is 2. The van der Waals surface area contributed by atoms with E-state index in [1.807, 2.05) is 24.3 Å². The van der Waals surface area contributed by atoms with E-state index in [2.05, 4.69) is 0 Å². The van der Waals surface area contributed by atoms with Crippen LogP contribution in [0.15, 0.2) is 48.5 Å². The molecule has 0 heterocycles. The number of hydrogen-bond donors (Lipinski definition) is 1. The van der Waals surface area contributed by atoms with Gasteiger partial charge in [0.15, 0.2) is 0 Å². The number of aromatic hydroxyl groups is 1. The highest BCUT2D eigenvalue weighted by Crippen LogP contribution is 2.25. The first-order valence-electron chi connectivity index (χ1n) is 4.91. The fourth-order valence-electron chi connectivity index (χ4n) is 1.35. The van der Waals surface area contributed by atoms with E-state index in [1.54, 1.807) is 24.3 Å². The van der Waals surface area contributed by atoms with Crippen LogP contribution >= 0.6 is 11.6 Å². The van der Waals surface area contributed by atoms with Gasteiger partial charge in [-0.1, -0.05) is 41.9 Å². The molecule has 0 aromatic heterocycles. The van der Waals surface area contributed by atoms with Crippen molar-refractivity contribution < 1.29 is 9.84 Å². The van der Waals surface area contributed by atoms with E-state index >= 15 is 0 Å². The molecule has 2 aromatic carbocycles. The number of ether oxygens (including phenoxy) is 1. The average molecular weight is 235 g/mol. The molecule has 16 heavy (non-hydrogen) atoms. The predicted molar refractivity (Wildman–Crippen MR) is 63.9 cm³/mol. The minimum atomic E-state index is 0.231. The molecule has 0 aliphatic rings. The van der Waals surface area contributed by atoms with Crippen LogP contribution in [-0.4, -0.2) is 5.11 Å². The molecule has 82 valence electrons. The van der Waals surface area contributed by atoms with E-state index in [1.165, 1.54) is 0 Å². The first-order valence-corrected chi connectivity index (χ1v) is 5.29. The van der Waals surface area contributed by atoms with Crippen LogP contribution in [0, 0.1) is 0 Å². The lowest BCUT2D eigenvalue weighted by molar-refractivity contribution is 0.299. The van der Waals surface area contributed by atoms with Gasteiger partial charge in [-0.05, 0) is 18.2 Å². The van der Waals surface area contributed by atoms with Gasteiger partial charge in [-0.3, -0.25) is 0 Å². The zero-order valence-corrected chi connectivity index (χ0v) is 9.32. The number of phenols is 1. The third kappa shape index (κ3) is 2.47. The second-order valence-electron chi connectivity index (χ2n) is 3.35. The Kier molecular flexibility index (Phi) is 3.32. The van der Waals surface area contributed by atoms with Gasteiger partial charge in [0.05, 0.1) is 5.02 Å². The Morgan fingerprint density at radius 2 is 1.69 bits per heavy atom. The van der Waals surface area contributed by atoms with E-state index < -0.39 is 0 Å². The van der Waals surface area contributed by atoms with Gasteiger partial charge in [-0.15, -0.1) is 0 Å². The second kappa shape index (κ2) is 4.90. The summed E-state index contributed by atoms with van der Waals surface area (Å²) < 4.78 is 5.51. The standard InChI is InChI=1S/C13H11ClO2/c14-11-6-2-4-8-13(11)16-9-10-5-1-3-7-12(10)15/h1-8,15H,9H2. The summed E-state index contributed by atoms with van der Waals surface area (Å²) in [5.41, 5.74) is 0.738. The molecule has 2 aromatic rings. The van der Waals surface area contributed by atoms with E-state index in [9.17, 15) is 5.11 Å². The lowest BCUT2D eigenvalue weighted by atomic mass is 10.2. The van der Waals surface area contributed by atoms with Gasteiger partial charge in [0.2, 0.25) is 0 Å². The Hall–Kier alpha value is -1.67. The number of rotatable bonds is 3. The van der Waals surface area contributed by atoms with Crippen LogP contribution in [0.5, 0.6) is 11.5 Å². The SMILES string of the molecule is Oc1ccccc1COc1ccccc1Cl. The maximum absolute atomic E-state index is 9.54. The Morgan fingerprint density at radius 3 is 2.44 bits per heavy atom. The normalized spacial score (nSPS) is 10.1. The molecular weight excluding hydrogens is 224 g/mol. The highest BCUT2D eigenvalue weighted by molar-refractivity contribution is 6.32. The molecule has 0 saturated carbocycles. The molecule has 0 saturated heterocycles. The third-order valence-electron chi connectivity index (χ3n) is 2.21. The first-order chi connectivity index (χ1) is 7.77. The Labute approximate surface area is 99.1 Å². The molecule has 0 radical (unpaired) electrons. The third-order valence-corrected chi connectivity index (χ3v) is 2.52. The molecule has 0 atom stereocenters. The predicted octanol–water partition coefficient (Wildman–Crippen LogP) is 3.62. The lowest BCUT2D eigenvalue weighted by Gasteiger charge is -2.08. The maximum atomic E-state index is 9.54. The summed E-state index contributed by atoms with van der Waals surface area (Å²) >= 11 is 5.94. The zero-order valence-electron chi connectivity index (χ0n) is 8.56. The topological polar surface area (TPSA) is 29.5 Å². The smallest absolute Gasteiger partial charge is 0.138 e. The van der Waals surface area contributed by atoms with Gasteiger partial charge in [0.25, 0.3) is 0 Å².